The number of hydrogen-bond acceptors (Lipinski definition) is 5. The zero-order valence-electron chi connectivity index (χ0n) is 23.7. The van der Waals surface area contributed by atoms with Crippen molar-refractivity contribution in [2.75, 3.05) is 13.6 Å². The number of benzene rings is 4. The molecule has 0 aliphatic carbocycles. The molecule has 0 saturated carbocycles. The van der Waals surface area contributed by atoms with Gasteiger partial charge in [0.15, 0.2) is 6.29 Å². The molecule has 5 rings (SSSR count). The third-order valence-electron chi connectivity index (χ3n) is 7.46. The fraction of sp³-hybridized carbons (Fsp3) is 0.286. The van der Waals surface area contributed by atoms with Crippen LogP contribution < -0.4 is 5.32 Å². The van der Waals surface area contributed by atoms with Gasteiger partial charge in [-0.15, -0.1) is 0 Å². The zero-order valence-corrected chi connectivity index (χ0v) is 23.7. The van der Waals surface area contributed by atoms with E-state index in [2.05, 4.69) is 71.9 Å². The first kappa shape index (κ1) is 28.7. The second-order valence-electron chi connectivity index (χ2n) is 10.7. The molecule has 0 unspecified atom stereocenters. The van der Waals surface area contributed by atoms with E-state index < -0.39 is 6.29 Å². The highest BCUT2D eigenvalue weighted by Gasteiger charge is 2.32. The Bertz CT molecular complexity index is 1410. The summed E-state index contributed by atoms with van der Waals surface area (Å²) in [5, 5.41) is 12.4. The topological polar surface area (TPSA) is 71.0 Å². The average molecular weight is 551 g/mol. The minimum absolute atomic E-state index is 0.0186. The number of carbonyl (C=O) groups is 1. The Hall–Kier alpha value is -3.81. The van der Waals surface area contributed by atoms with Gasteiger partial charge in [-0.2, -0.15) is 0 Å². The highest BCUT2D eigenvalue weighted by atomic mass is 16.7. The number of amides is 1. The quantitative estimate of drug-likeness (QED) is 0.248. The van der Waals surface area contributed by atoms with E-state index in [9.17, 15) is 9.90 Å². The van der Waals surface area contributed by atoms with Crippen molar-refractivity contribution in [3.8, 4) is 11.1 Å². The Labute approximate surface area is 242 Å². The predicted octanol–water partition coefficient (Wildman–Crippen LogP) is 6.16. The van der Waals surface area contributed by atoms with Crippen molar-refractivity contribution < 1.29 is 19.4 Å². The summed E-state index contributed by atoms with van der Waals surface area (Å²) in [5.41, 5.74) is 7.40. The summed E-state index contributed by atoms with van der Waals surface area (Å²) in [4.78, 5) is 13.8. The monoisotopic (exact) mass is 550 g/mol. The molecule has 1 heterocycles. The van der Waals surface area contributed by atoms with Crippen molar-refractivity contribution in [3.63, 3.8) is 0 Å². The van der Waals surface area contributed by atoms with Gasteiger partial charge in [-0.3, -0.25) is 9.69 Å². The SMILES string of the molecule is CC(=O)NCc1ccccc1-c1ccc([C@@H]2O[C@H](CN(C)Cc3ccccc3)C[C@H](c3ccc(CO)cc3)O2)cc1. The standard InChI is InChI=1S/C35H38N2O4/c1-25(39)36-21-31-10-6-7-11-33(31)28-16-18-30(19-17-28)35-40-32(23-37(2)22-26-8-4-3-5-9-26)20-34(41-35)29-14-12-27(24-38)13-15-29/h3-19,32,34-35,38H,20-24H2,1-2H3,(H,36,39)/t32-,34+,35+/m0/s1. The van der Waals surface area contributed by atoms with Crippen LogP contribution in [0.1, 0.15) is 53.6 Å². The number of carbonyl (C=O) groups excluding carboxylic acids is 1. The van der Waals surface area contributed by atoms with Crippen LogP contribution in [-0.2, 0) is 34.0 Å². The van der Waals surface area contributed by atoms with E-state index in [-0.39, 0.29) is 24.7 Å². The number of hydrogen-bond donors (Lipinski definition) is 2. The Morgan fingerprint density at radius 3 is 2.24 bits per heavy atom. The van der Waals surface area contributed by atoms with Crippen LogP contribution in [-0.4, -0.2) is 35.6 Å². The lowest BCUT2D eigenvalue weighted by atomic mass is 9.97. The Morgan fingerprint density at radius 2 is 1.54 bits per heavy atom. The average Bonchev–Trinajstić information content (AvgIpc) is 3.00. The minimum atomic E-state index is -0.509. The first-order chi connectivity index (χ1) is 20.0. The summed E-state index contributed by atoms with van der Waals surface area (Å²) in [7, 11) is 2.12. The van der Waals surface area contributed by atoms with Gasteiger partial charge in [-0.1, -0.05) is 103 Å². The second-order valence-corrected chi connectivity index (χ2v) is 10.7. The van der Waals surface area contributed by atoms with Crippen molar-refractivity contribution >= 4 is 5.91 Å². The molecule has 41 heavy (non-hydrogen) atoms. The third-order valence-corrected chi connectivity index (χ3v) is 7.46. The molecule has 1 saturated heterocycles. The molecular formula is C35H38N2O4. The Morgan fingerprint density at radius 1 is 0.854 bits per heavy atom. The van der Waals surface area contributed by atoms with Gasteiger partial charge in [-0.25, -0.2) is 0 Å². The number of nitrogens with zero attached hydrogens (tertiary/aromatic N) is 1. The maximum absolute atomic E-state index is 11.5. The molecule has 1 aliphatic heterocycles. The lowest BCUT2D eigenvalue weighted by Crippen LogP contribution is -2.37. The number of aliphatic hydroxyl groups excluding tert-OH is 1. The molecule has 6 nitrogen and oxygen atoms in total. The van der Waals surface area contributed by atoms with Crippen LogP contribution in [0.2, 0.25) is 0 Å². The molecule has 0 spiro atoms. The first-order valence-corrected chi connectivity index (χ1v) is 14.1. The van der Waals surface area contributed by atoms with E-state index in [1.54, 1.807) is 0 Å². The molecule has 0 radical (unpaired) electrons. The van der Waals surface area contributed by atoms with Crippen molar-refractivity contribution in [2.45, 2.75) is 51.5 Å². The summed E-state index contributed by atoms with van der Waals surface area (Å²) in [5.74, 6) is -0.0498. The van der Waals surface area contributed by atoms with Gasteiger partial charge in [-0.05, 0) is 40.4 Å². The van der Waals surface area contributed by atoms with Crippen LogP contribution in [0.15, 0.2) is 103 Å². The molecule has 0 aromatic heterocycles. The summed E-state index contributed by atoms with van der Waals surface area (Å²) in [6.07, 6.45) is 0.0747. The molecule has 1 fully saturated rings. The molecule has 212 valence electrons. The van der Waals surface area contributed by atoms with Crippen molar-refractivity contribution in [1.82, 2.24) is 10.2 Å². The summed E-state index contributed by atoms with van der Waals surface area (Å²) in [6.45, 7) is 3.65. The molecule has 3 atom stereocenters. The van der Waals surface area contributed by atoms with Crippen LogP contribution in [0.5, 0.6) is 0 Å². The Kier molecular flexibility index (Phi) is 9.59. The molecule has 0 bridgehead atoms. The van der Waals surface area contributed by atoms with Gasteiger partial charge in [0.05, 0.1) is 18.8 Å². The molecule has 2 N–H and O–H groups in total. The van der Waals surface area contributed by atoms with Crippen molar-refractivity contribution in [2.24, 2.45) is 0 Å². The highest BCUT2D eigenvalue weighted by molar-refractivity contribution is 5.74. The lowest BCUT2D eigenvalue weighted by Gasteiger charge is -2.38. The minimum Gasteiger partial charge on any atom is -0.392 e. The van der Waals surface area contributed by atoms with Gasteiger partial charge >= 0.3 is 0 Å². The largest absolute Gasteiger partial charge is 0.392 e. The fourth-order valence-electron chi connectivity index (χ4n) is 5.34. The van der Waals surface area contributed by atoms with Gasteiger partial charge < -0.3 is 19.9 Å². The van der Waals surface area contributed by atoms with Crippen LogP contribution in [0.25, 0.3) is 11.1 Å². The molecular weight excluding hydrogens is 512 g/mol. The van der Waals surface area contributed by atoms with Gasteiger partial charge in [0.25, 0.3) is 0 Å². The number of aliphatic hydroxyl groups is 1. The summed E-state index contributed by atoms with van der Waals surface area (Å²) in [6, 6.07) is 34.9. The fourth-order valence-corrected chi connectivity index (χ4v) is 5.34. The number of rotatable bonds is 10. The van der Waals surface area contributed by atoms with Crippen molar-refractivity contribution in [3.05, 3.63) is 131 Å². The number of nitrogens with one attached hydrogen (secondary N) is 1. The van der Waals surface area contributed by atoms with Crippen LogP contribution in [0.4, 0.5) is 0 Å². The molecule has 6 heteroatoms. The second kappa shape index (κ2) is 13.7. The van der Waals surface area contributed by atoms with Gasteiger partial charge in [0.1, 0.15) is 0 Å². The summed E-state index contributed by atoms with van der Waals surface area (Å²) < 4.78 is 13.1. The highest BCUT2D eigenvalue weighted by Crippen LogP contribution is 2.39. The third kappa shape index (κ3) is 7.69. The molecule has 4 aromatic rings. The molecule has 4 aromatic carbocycles. The van der Waals surface area contributed by atoms with E-state index in [0.29, 0.717) is 6.54 Å². The maximum atomic E-state index is 11.5. The molecule has 1 aliphatic rings. The number of ether oxygens (including phenoxy) is 2. The predicted molar refractivity (Wildman–Crippen MR) is 161 cm³/mol. The van der Waals surface area contributed by atoms with Crippen LogP contribution >= 0.6 is 0 Å². The van der Waals surface area contributed by atoms with Crippen LogP contribution in [0.3, 0.4) is 0 Å². The summed E-state index contributed by atoms with van der Waals surface area (Å²) >= 11 is 0. The van der Waals surface area contributed by atoms with E-state index in [0.717, 1.165) is 52.9 Å². The van der Waals surface area contributed by atoms with Gasteiger partial charge in [0, 0.05) is 38.5 Å². The van der Waals surface area contributed by atoms with Crippen LogP contribution in [0, 0.1) is 0 Å². The zero-order chi connectivity index (χ0) is 28.6. The Balaban J connectivity index is 1.35. The van der Waals surface area contributed by atoms with E-state index >= 15 is 0 Å². The van der Waals surface area contributed by atoms with E-state index in [1.165, 1.54) is 12.5 Å². The molecule has 1 amide bonds. The van der Waals surface area contributed by atoms with E-state index in [1.807, 2.05) is 48.5 Å². The van der Waals surface area contributed by atoms with Crippen molar-refractivity contribution in [1.29, 1.82) is 0 Å². The maximum Gasteiger partial charge on any atom is 0.217 e. The van der Waals surface area contributed by atoms with E-state index in [4.69, 9.17) is 9.47 Å². The first-order valence-electron chi connectivity index (χ1n) is 14.1. The smallest absolute Gasteiger partial charge is 0.217 e. The number of likely N-dealkylation sites (N-methyl/N-ethyl adjacent to an activating group) is 1. The normalized spacial score (nSPS) is 18.8. The lowest BCUT2D eigenvalue weighted by molar-refractivity contribution is -0.252. The van der Waals surface area contributed by atoms with Gasteiger partial charge in [0.2, 0.25) is 5.91 Å².